The molecule has 5 nitrogen and oxygen atoms in total. The number of hydrogen-bond donors (Lipinski definition) is 1. The molecule has 1 saturated carbocycles. The second-order valence-corrected chi connectivity index (χ2v) is 8.98. The van der Waals surface area contributed by atoms with Crippen LogP contribution in [0.1, 0.15) is 76.0 Å². The first-order chi connectivity index (χ1) is 13.1. The van der Waals surface area contributed by atoms with Crippen LogP contribution in [0.3, 0.4) is 0 Å². The number of benzene rings is 1. The van der Waals surface area contributed by atoms with Gasteiger partial charge in [-0.05, 0) is 71.4 Å². The highest BCUT2D eigenvalue weighted by Gasteiger charge is 2.33. The molecule has 0 radical (unpaired) electrons. The summed E-state index contributed by atoms with van der Waals surface area (Å²) >= 11 is 0. The minimum absolute atomic E-state index is 0.175. The highest BCUT2D eigenvalue weighted by atomic mass is 16.6. The molecule has 1 N–H and O–H groups in total. The number of nitrogens with one attached hydrogen (secondary N) is 1. The Kier molecular flexibility index (Phi) is 7.50. The zero-order valence-corrected chi connectivity index (χ0v) is 18.1. The molecule has 1 fully saturated rings. The van der Waals surface area contributed by atoms with Gasteiger partial charge in [-0.3, -0.25) is 4.79 Å². The number of carbonyl (C=O) groups excluding carboxylic acids is 2. The molecule has 0 spiro atoms. The third kappa shape index (κ3) is 6.54. The Labute approximate surface area is 169 Å². The van der Waals surface area contributed by atoms with Crippen molar-refractivity contribution in [3.63, 3.8) is 0 Å². The lowest BCUT2D eigenvalue weighted by Crippen LogP contribution is -2.37. The van der Waals surface area contributed by atoms with Crippen LogP contribution in [-0.2, 0) is 14.3 Å². The van der Waals surface area contributed by atoms with Crippen molar-refractivity contribution < 1.29 is 19.1 Å². The summed E-state index contributed by atoms with van der Waals surface area (Å²) in [5, 5.41) is 2.48. The van der Waals surface area contributed by atoms with Crippen molar-refractivity contribution >= 4 is 12.1 Å². The van der Waals surface area contributed by atoms with Gasteiger partial charge in [0.05, 0.1) is 0 Å². The van der Waals surface area contributed by atoms with Crippen molar-refractivity contribution in [1.82, 2.24) is 5.32 Å². The molecule has 2 atom stereocenters. The standard InChI is InChI=1S/C23H35NO4/c1-15-11-12-19(16(2)13-15)21(18-9-7-8-10-18)17(3)27-20(25)14-24-22(26)28-23(4,5)6/h11-13,17-18,21H,7-10,14H2,1-6H3,(H,24,26). The summed E-state index contributed by atoms with van der Waals surface area (Å²) in [4.78, 5) is 24.1. The maximum atomic E-state index is 12.3. The lowest BCUT2D eigenvalue weighted by Gasteiger charge is -2.31. The summed E-state index contributed by atoms with van der Waals surface area (Å²) in [6, 6.07) is 6.50. The lowest BCUT2D eigenvalue weighted by molar-refractivity contribution is -0.148. The van der Waals surface area contributed by atoms with Crippen molar-refractivity contribution in [3.05, 3.63) is 34.9 Å². The lowest BCUT2D eigenvalue weighted by atomic mass is 9.79. The minimum atomic E-state index is -0.612. The van der Waals surface area contributed by atoms with Crippen LogP contribution in [0.4, 0.5) is 4.79 Å². The van der Waals surface area contributed by atoms with Crippen LogP contribution in [0.5, 0.6) is 0 Å². The molecule has 1 aliphatic rings. The molecule has 0 saturated heterocycles. The predicted molar refractivity (Wildman–Crippen MR) is 110 cm³/mol. The van der Waals surface area contributed by atoms with Crippen LogP contribution < -0.4 is 5.32 Å². The molecule has 5 heteroatoms. The Bertz CT molecular complexity index is 686. The Morgan fingerprint density at radius 3 is 2.39 bits per heavy atom. The highest BCUT2D eigenvalue weighted by molar-refractivity contribution is 5.78. The first-order valence-electron chi connectivity index (χ1n) is 10.3. The van der Waals surface area contributed by atoms with Crippen molar-refractivity contribution in [2.24, 2.45) is 5.92 Å². The largest absolute Gasteiger partial charge is 0.461 e. The van der Waals surface area contributed by atoms with Crippen LogP contribution in [0, 0.1) is 19.8 Å². The number of carbonyl (C=O) groups is 2. The van der Waals surface area contributed by atoms with E-state index in [1.54, 1.807) is 20.8 Å². The molecular weight excluding hydrogens is 354 g/mol. The monoisotopic (exact) mass is 389 g/mol. The van der Waals surface area contributed by atoms with Gasteiger partial charge < -0.3 is 14.8 Å². The Hall–Kier alpha value is -2.04. The van der Waals surface area contributed by atoms with E-state index in [1.807, 2.05) is 6.92 Å². The van der Waals surface area contributed by atoms with E-state index in [0.717, 1.165) is 12.8 Å². The van der Waals surface area contributed by atoms with E-state index in [1.165, 1.54) is 29.5 Å². The average Bonchev–Trinajstić information content (AvgIpc) is 3.08. The van der Waals surface area contributed by atoms with Gasteiger partial charge in [0.25, 0.3) is 0 Å². The van der Waals surface area contributed by atoms with Gasteiger partial charge in [0.2, 0.25) is 0 Å². The van der Waals surface area contributed by atoms with Crippen LogP contribution in [0.2, 0.25) is 0 Å². The first kappa shape index (κ1) is 22.3. The molecule has 1 amide bonds. The summed E-state index contributed by atoms with van der Waals surface area (Å²) < 4.78 is 10.9. The maximum Gasteiger partial charge on any atom is 0.408 e. The quantitative estimate of drug-likeness (QED) is 0.693. The van der Waals surface area contributed by atoms with Crippen molar-refractivity contribution in [1.29, 1.82) is 0 Å². The minimum Gasteiger partial charge on any atom is -0.461 e. The van der Waals surface area contributed by atoms with Crippen molar-refractivity contribution in [3.8, 4) is 0 Å². The Morgan fingerprint density at radius 2 is 1.82 bits per heavy atom. The first-order valence-corrected chi connectivity index (χ1v) is 10.3. The third-order valence-electron chi connectivity index (χ3n) is 5.29. The van der Waals surface area contributed by atoms with Crippen molar-refractivity contribution in [2.45, 2.75) is 84.8 Å². The van der Waals surface area contributed by atoms with Gasteiger partial charge in [-0.25, -0.2) is 4.79 Å². The van der Waals surface area contributed by atoms with E-state index in [0.29, 0.717) is 5.92 Å². The normalized spacial score (nSPS) is 17.1. The summed E-state index contributed by atoms with van der Waals surface area (Å²) in [7, 11) is 0. The van der Waals surface area contributed by atoms with Gasteiger partial charge in [-0.15, -0.1) is 0 Å². The fourth-order valence-corrected chi connectivity index (χ4v) is 4.19. The van der Waals surface area contributed by atoms with Crippen LogP contribution in [0.15, 0.2) is 18.2 Å². The molecule has 28 heavy (non-hydrogen) atoms. The zero-order chi connectivity index (χ0) is 20.9. The second kappa shape index (κ2) is 9.44. The van der Waals surface area contributed by atoms with Crippen molar-refractivity contribution in [2.75, 3.05) is 6.54 Å². The molecule has 0 bridgehead atoms. The fourth-order valence-electron chi connectivity index (χ4n) is 4.19. The molecule has 0 heterocycles. The van der Waals surface area contributed by atoms with E-state index >= 15 is 0 Å². The van der Waals surface area contributed by atoms with E-state index in [-0.39, 0.29) is 18.6 Å². The molecule has 1 aromatic carbocycles. The Balaban J connectivity index is 2.03. The second-order valence-electron chi connectivity index (χ2n) is 8.98. The summed E-state index contributed by atoms with van der Waals surface area (Å²) in [5.74, 6) is 0.253. The number of rotatable bonds is 6. The summed E-state index contributed by atoms with van der Waals surface area (Å²) in [5.41, 5.74) is 3.14. The van der Waals surface area contributed by atoms with Gasteiger partial charge in [0.15, 0.2) is 0 Å². The molecule has 0 aliphatic heterocycles. The number of esters is 1. The predicted octanol–water partition coefficient (Wildman–Crippen LogP) is 5.03. The average molecular weight is 390 g/mol. The van der Waals surface area contributed by atoms with E-state index in [4.69, 9.17) is 9.47 Å². The van der Waals surface area contributed by atoms with Gasteiger partial charge in [0.1, 0.15) is 18.2 Å². The molecular formula is C23H35NO4. The van der Waals surface area contributed by atoms with Crippen LogP contribution >= 0.6 is 0 Å². The van der Waals surface area contributed by atoms with Crippen LogP contribution in [-0.4, -0.2) is 30.3 Å². The number of hydrogen-bond acceptors (Lipinski definition) is 4. The number of amides is 1. The molecule has 1 aromatic rings. The van der Waals surface area contributed by atoms with Gasteiger partial charge in [-0.1, -0.05) is 36.6 Å². The Morgan fingerprint density at radius 1 is 1.18 bits per heavy atom. The van der Waals surface area contributed by atoms with Crippen LogP contribution in [0.25, 0.3) is 0 Å². The molecule has 156 valence electrons. The third-order valence-corrected chi connectivity index (χ3v) is 5.29. The SMILES string of the molecule is Cc1ccc(C(C2CCCC2)C(C)OC(=O)CNC(=O)OC(C)(C)C)c(C)c1. The van der Waals surface area contributed by atoms with E-state index in [9.17, 15) is 9.59 Å². The molecule has 0 aromatic heterocycles. The smallest absolute Gasteiger partial charge is 0.408 e. The number of alkyl carbamates (subject to hydrolysis) is 1. The molecule has 2 unspecified atom stereocenters. The highest BCUT2D eigenvalue weighted by Crippen LogP contribution is 2.41. The van der Waals surface area contributed by atoms with E-state index < -0.39 is 17.7 Å². The molecule has 2 rings (SSSR count). The zero-order valence-electron chi connectivity index (χ0n) is 18.1. The molecule has 1 aliphatic carbocycles. The van der Waals surface area contributed by atoms with Gasteiger partial charge in [-0.2, -0.15) is 0 Å². The number of aryl methyl sites for hydroxylation is 2. The maximum absolute atomic E-state index is 12.3. The summed E-state index contributed by atoms with van der Waals surface area (Å²) in [6.07, 6.45) is 3.92. The summed E-state index contributed by atoms with van der Waals surface area (Å²) in [6.45, 7) is 11.3. The topological polar surface area (TPSA) is 64.6 Å². The number of ether oxygens (including phenoxy) is 2. The van der Waals surface area contributed by atoms with Gasteiger partial charge in [0, 0.05) is 5.92 Å². The fraction of sp³-hybridized carbons (Fsp3) is 0.652. The van der Waals surface area contributed by atoms with E-state index in [2.05, 4.69) is 37.4 Å². The van der Waals surface area contributed by atoms with Gasteiger partial charge >= 0.3 is 12.1 Å².